The van der Waals surface area contributed by atoms with Gasteiger partial charge in [0.25, 0.3) is 6.47 Å². The van der Waals surface area contributed by atoms with Gasteiger partial charge in [-0.3, -0.25) is 9.78 Å². The Morgan fingerprint density at radius 1 is 1.15 bits per heavy atom. The van der Waals surface area contributed by atoms with Crippen molar-refractivity contribution >= 4 is 28.0 Å². The third-order valence-corrected chi connectivity index (χ3v) is 5.13. The van der Waals surface area contributed by atoms with Crippen molar-refractivity contribution in [1.29, 1.82) is 0 Å². The van der Waals surface area contributed by atoms with Crippen molar-refractivity contribution in [3.05, 3.63) is 60.9 Å². The second-order valence-corrected chi connectivity index (χ2v) is 7.05. The van der Waals surface area contributed by atoms with Crippen LogP contribution in [-0.2, 0) is 20.3 Å². The van der Waals surface area contributed by atoms with E-state index in [9.17, 15) is 14.1 Å². The third kappa shape index (κ3) is 5.13. The molecule has 2 unspecified atom stereocenters. The zero-order valence-corrected chi connectivity index (χ0v) is 15.5. The second kappa shape index (κ2) is 9.68. The van der Waals surface area contributed by atoms with E-state index in [4.69, 9.17) is 0 Å². The average molecular weight is 371 g/mol. The van der Waals surface area contributed by atoms with Crippen molar-refractivity contribution in [3.8, 4) is 5.75 Å². The van der Waals surface area contributed by atoms with Gasteiger partial charge in [0.15, 0.2) is 0 Å². The number of rotatable bonds is 5. The minimum absolute atomic E-state index is 0.0810. The first-order valence-electron chi connectivity index (χ1n) is 8.19. The molecule has 0 amide bonds. The first kappa shape index (κ1) is 19.6. The van der Waals surface area contributed by atoms with E-state index in [1.807, 2.05) is 44.2 Å². The van der Waals surface area contributed by atoms with E-state index in [-0.39, 0.29) is 11.9 Å². The van der Waals surface area contributed by atoms with Crippen LogP contribution < -0.4 is 0 Å². The molecule has 136 valence electrons. The van der Waals surface area contributed by atoms with Crippen LogP contribution in [0.3, 0.4) is 0 Å². The van der Waals surface area contributed by atoms with Crippen molar-refractivity contribution in [2.75, 3.05) is 0 Å². The predicted octanol–water partition coefficient (Wildman–Crippen LogP) is 4.07. The molecule has 0 bridgehead atoms. The first-order valence-corrected chi connectivity index (χ1v) is 9.34. The zero-order chi connectivity index (χ0) is 18.9. The summed E-state index contributed by atoms with van der Waals surface area (Å²) in [6, 6.07) is 14.6. The molecule has 26 heavy (non-hydrogen) atoms. The summed E-state index contributed by atoms with van der Waals surface area (Å²) in [4.78, 5) is 14.9. The molecule has 3 rings (SSSR count). The minimum Gasteiger partial charge on any atom is -0.506 e. The molecule has 1 heterocycles. The lowest BCUT2D eigenvalue weighted by molar-refractivity contribution is -0.132. The van der Waals surface area contributed by atoms with Crippen molar-refractivity contribution in [1.82, 2.24) is 4.98 Å². The molecule has 2 atom stereocenters. The highest BCUT2D eigenvalue weighted by molar-refractivity contribution is 7.85. The second-order valence-electron chi connectivity index (χ2n) is 5.57. The molecular formula is C20H21NO4S. The molecule has 1 N–H and O–H groups in total. The van der Waals surface area contributed by atoms with E-state index in [2.05, 4.69) is 9.72 Å². The van der Waals surface area contributed by atoms with Crippen LogP contribution in [0.25, 0.3) is 10.8 Å². The molecule has 1 aromatic heterocycles. The Balaban J connectivity index is 0.000000298. The van der Waals surface area contributed by atoms with Gasteiger partial charge in [0.2, 0.25) is 0 Å². The monoisotopic (exact) mass is 371 g/mol. The number of hydrogen-bond acceptors (Lipinski definition) is 5. The van der Waals surface area contributed by atoms with Gasteiger partial charge in [-0.25, -0.2) is 4.21 Å². The van der Waals surface area contributed by atoms with E-state index in [1.54, 1.807) is 24.4 Å². The van der Waals surface area contributed by atoms with Gasteiger partial charge in [-0.2, -0.15) is 0 Å². The van der Waals surface area contributed by atoms with Crippen LogP contribution in [0.5, 0.6) is 5.75 Å². The van der Waals surface area contributed by atoms with E-state index < -0.39 is 10.8 Å². The number of carbonyl (C=O) groups excluding carboxylic acids is 1. The number of carbonyl (C=O) groups is 1. The zero-order valence-electron chi connectivity index (χ0n) is 14.7. The number of aromatic hydroxyl groups is 1. The van der Waals surface area contributed by atoms with Crippen molar-refractivity contribution < 1.29 is 18.8 Å². The molecule has 2 aromatic carbocycles. The average Bonchev–Trinajstić information content (AvgIpc) is 2.68. The van der Waals surface area contributed by atoms with Crippen LogP contribution in [-0.4, -0.2) is 26.9 Å². The smallest absolute Gasteiger partial charge is 0.293 e. The van der Waals surface area contributed by atoms with E-state index in [0.29, 0.717) is 16.8 Å². The van der Waals surface area contributed by atoms with Gasteiger partial charge in [-0.05, 0) is 43.7 Å². The number of ether oxygens (including phenoxy) is 1. The Hall–Kier alpha value is -2.73. The van der Waals surface area contributed by atoms with Gasteiger partial charge in [0.05, 0.1) is 23.1 Å². The number of hydrogen-bond donors (Lipinski definition) is 1. The fourth-order valence-electron chi connectivity index (χ4n) is 2.13. The Morgan fingerprint density at radius 3 is 2.50 bits per heavy atom. The maximum Gasteiger partial charge on any atom is 0.293 e. The standard InChI is InChI=1S/C15H11NO2S.C5H10O2/c17-15-10-16-9-11-8-13(6-7-14(11)15)19(18)12-4-2-1-3-5-12;1-3-5(2)7-4-6/h1-10,17H;4-5H,3H2,1-2H3. The SMILES string of the molecule is CCC(C)OC=O.O=S(c1ccccc1)c1ccc2c(O)cncc2c1. The van der Waals surface area contributed by atoms with Gasteiger partial charge >= 0.3 is 0 Å². The van der Waals surface area contributed by atoms with Crippen LogP contribution in [0.2, 0.25) is 0 Å². The van der Waals surface area contributed by atoms with Crippen LogP contribution in [0, 0.1) is 0 Å². The van der Waals surface area contributed by atoms with Crippen LogP contribution in [0.15, 0.2) is 70.7 Å². The highest BCUT2D eigenvalue weighted by Crippen LogP contribution is 2.26. The largest absolute Gasteiger partial charge is 0.506 e. The number of aromatic nitrogens is 1. The number of benzene rings is 2. The highest BCUT2D eigenvalue weighted by Gasteiger charge is 2.08. The summed E-state index contributed by atoms with van der Waals surface area (Å²) < 4.78 is 16.9. The topological polar surface area (TPSA) is 76.5 Å². The van der Waals surface area contributed by atoms with Crippen LogP contribution in [0.4, 0.5) is 0 Å². The molecule has 0 saturated carbocycles. The third-order valence-electron chi connectivity index (χ3n) is 3.74. The molecule has 0 spiro atoms. The molecule has 6 heteroatoms. The Labute approximate surface area is 155 Å². The fourth-order valence-corrected chi connectivity index (χ4v) is 3.23. The normalized spacial score (nSPS) is 12.5. The lowest BCUT2D eigenvalue weighted by atomic mass is 10.2. The molecule has 3 aromatic rings. The number of pyridine rings is 1. The summed E-state index contributed by atoms with van der Waals surface area (Å²) in [5, 5.41) is 11.2. The predicted molar refractivity (Wildman–Crippen MR) is 101 cm³/mol. The first-order chi connectivity index (χ1) is 12.6. The van der Waals surface area contributed by atoms with Gasteiger partial charge in [-0.15, -0.1) is 0 Å². The van der Waals surface area contributed by atoms with Crippen molar-refractivity contribution in [2.45, 2.75) is 36.2 Å². The number of nitrogens with zero attached hydrogens (tertiary/aromatic N) is 1. The lowest BCUT2D eigenvalue weighted by Crippen LogP contribution is -2.03. The van der Waals surface area contributed by atoms with Gasteiger partial charge in [-0.1, -0.05) is 25.1 Å². The maximum absolute atomic E-state index is 12.4. The quantitative estimate of drug-likeness (QED) is 0.684. The summed E-state index contributed by atoms with van der Waals surface area (Å²) in [7, 11) is -1.22. The lowest BCUT2D eigenvalue weighted by Gasteiger charge is -2.05. The molecule has 0 aliphatic carbocycles. The fraction of sp³-hybridized carbons (Fsp3) is 0.200. The van der Waals surface area contributed by atoms with Crippen LogP contribution >= 0.6 is 0 Å². The summed E-state index contributed by atoms with van der Waals surface area (Å²) in [5.41, 5.74) is 0. The Kier molecular flexibility index (Phi) is 7.29. The molecule has 0 aliphatic rings. The van der Waals surface area contributed by atoms with Crippen LogP contribution in [0.1, 0.15) is 20.3 Å². The van der Waals surface area contributed by atoms with Gasteiger partial charge in [0.1, 0.15) is 5.75 Å². The number of fused-ring (bicyclic) bond motifs is 1. The molecule has 0 saturated heterocycles. The summed E-state index contributed by atoms with van der Waals surface area (Å²) >= 11 is 0. The maximum atomic E-state index is 12.4. The summed E-state index contributed by atoms with van der Waals surface area (Å²) in [6.45, 7) is 4.30. The van der Waals surface area contributed by atoms with Crippen molar-refractivity contribution in [3.63, 3.8) is 0 Å². The van der Waals surface area contributed by atoms with E-state index >= 15 is 0 Å². The highest BCUT2D eigenvalue weighted by atomic mass is 32.2. The molecular weight excluding hydrogens is 350 g/mol. The summed E-state index contributed by atoms with van der Waals surface area (Å²) in [5.74, 6) is 0.134. The van der Waals surface area contributed by atoms with E-state index in [1.165, 1.54) is 6.20 Å². The van der Waals surface area contributed by atoms with Gasteiger partial charge < -0.3 is 9.84 Å². The molecule has 0 aliphatic heterocycles. The molecule has 0 fully saturated rings. The van der Waals surface area contributed by atoms with E-state index in [0.717, 1.165) is 16.7 Å². The minimum atomic E-state index is -1.22. The Bertz CT molecular complexity index is 883. The Morgan fingerprint density at radius 2 is 1.88 bits per heavy atom. The van der Waals surface area contributed by atoms with Gasteiger partial charge in [0, 0.05) is 26.8 Å². The summed E-state index contributed by atoms with van der Waals surface area (Å²) in [6.07, 6.45) is 4.02. The molecule has 5 nitrogen and oxygen atoms in total. The van der Waals surface area contributed by atoms with Crippen molar-refractivity contribution in [2.24, 2.45) is 0 Å². The molecule has 0 radical (unpaired) electrons.